The topological polar surface area (TPSA) is 35.6 Å². The predicted molar refractivity (Wildman–Crippen MR) is 108 cm³/mol. The van der Waals surface area contributed by atoms with E-state index < -0.39 is 18.0 Å². The summed E-state index contributed by atoms with van der Waals surface area (Å²) in [5.74, 6) is -2.20. The average molecular weight is 407 g/mol. The Bertz CT molecular complexity index is 821. The number of likely N-dealkylation sites (N-methyl/N-ethyl adjacent to an activating group) is 1. The molecule has 1 aromatic carbocycles. The predicted octanol–water partition coefficient (Wildman–Crippen LogP) is 3.67. The van der Waals surface area contributed by atoms with Gasteiger partial charge in [0.25, 0.3) is 5.91 Å². The van der Waals surface area contributed by atoms with Crippen molar-refractivity contribution in [1.82, 2.24) is 15.1 Å². The Morgan fingerprint density at radius 3 is 2.41 bits per heavy atom. The van der Waals surface area contributed by atoms with Gasteiger partial charge < -0.3 is 10.2 Å². The first-order chi connectivity index (χ1) is 13.6. The minimum absolute atomic E-state index is 0.0807. The quantitative estimate of drug-likeness (QED) is 0.827. The molecule has 1 N–H and O–H groups in total. The number of carbonyl (C=O) groups excluding carboxylic acids is 1. The van der Waals surface area contributed by atoms with Crippen LogP contribution in [-0.2, 0) is 0 Å². The number of nitrogens with one attached hydrogen (secondary N) is 1. The normalized spacial score (nSPS) is 21.5. The van der Waals surface area contributed by atoms with Gasteiger partial charge in [0, 0.05) is 44.0 Å². The van der Waals surface area contributed by atoms with Crippen molar-refractivity contribution in [2.75, 3.05) is 39.8 Å². The maximum absolute atomic E-state index is 13.7. The Morgan fingerprint density at radius 1 is 1.10 bits per heavy atom. The van der Waals surface area contributed by atoms with Crippen LogP contribution in [0.1, 0.15) is 27.9 Å². The van der Waals surface area contributed by atoms with Crippen LogP contribution in [0.2, 0.25) is 0 Å². The lowest BCUT2D eigenvalue weighted by molar-refractivity contribution is -0.165. The van der Waals surface area contributed by atoms with Crippen molar-refractivity contribution < 1.29 is 18.0 Å². The summed E-state index contributed by atoms with van der Waals surface area (Å²) in [6, 6.07) is 5.14. The second kappa shape index (κ2) is 8.71. The number of hydrogen-bond donors (Lipinski definition) is 1. The highest BCUT2D eigenvalue weighted by Gasteiger charge is 2.44. The maximum atomic E-state index is 13.7. The first kappa shape index (κ1) is 21.6. The van der Waals surface area contributed by atoms with Gasteiger partial charge in [-0.2, -0.15) is 13.2 Å². The number of aryl methyl sites for hydroxylation is 2. The van der Waals surface area contributed by atoms with Gasteiger partial charge in [-0.25, -0.2) is 0 Å². The van der Waals surface area contributed by atoms with E-state index in [0.717, 1.165) is 42.9 Å². The first-order valence-corrected chi connectivity index (χ1v) is 9.89. The lowest BCUT2D eigenvalue weighted by Gasteiger charge is -2.34. The summed E-state index contributed by atoms with van der Waals surface area (Å²) in [4.78, 5) is 16.9. The summed E-state index contributed by atoms with van der Waals surface area (Å²) in [5.41, 5.74) is 2.99. The summed E-state index contributed by atoms with van der Waals surface area (Å²) in [6.45, 7) is 7.88. The fourth-order valence-electron chi connectivity index (χ4n) is 3.68. The van der Waals surface area contributed by atoms with Crippen molar-refractivity contribution in [2.24, 2.45) is 5.92 Å². The molecule has 2 aliphatic rings. The van der Waals surface area contributed by atoms with Crippen LogP contribution in [0.4, 0.5) is 13.2 Å². The summed E-state index contributed by atoms with van der Waals surface area (Å²) in [6.07, 6.45) is -1.37. The molecule has 0 bridgehead atoms. The molecule has 1 heterocycles. The number of rotatable bonds is 4. The number of nitrogens with zero attached hydrogens (tertiary/aromatic N) is 2. The summed E-state index contributed by atoms with van der Waals surface area (Å²) < 4.78 is 41.2. The number of carbonyl (C=O) groups is 1. The molecule has 1 aliphatic carbocycles. The second-order valence-corrected chi connectivity index (χ2v) is 8.08. The smallest absolute Gasteiger partial charge is 0.325 e. The molecule has 1 unspecified atom stereocenters. The van der Waals surface area contributed by atoms with Gasteiger partial charge in [-0.05, 0) is 56.7 Å². The Hall–Kier alpha value is -2.12. The van der Waals surface area contributed by atoms with E-state index >= 15 is 0 Å². The summed E-state index contributed by atoms with van der Waals surface area (Å²) in [5, 5.41) is 2.51. The van der Waals surface area contributed by atoms with Crippen molar-refractivity contribution in [3.8, 4) is 0 Å². The fraction of sp³-hybridized carbons (Fsp3) is 0.500. The molecule has 0 radical (unpaired) electrons. The SMILES string of the molecule is Cc1ccc(C(=O)NC2=CC=C(CN3CCN(C)CC3)CC2C(F)(F)F)cc1C. The number of allylic oxidation sites excluding steroid dienone is 3. The molecule has 0 saturated carbocycles. The van der Waals surface area contributed by atoms with Crippen molar-refractivity contribution >= 4 is 5.91 Å². The third-order valence-corrected chi connectivity index (χ3v) is 5.79. The summed E-state index contributed by atoms with van der Waals surface area (Å²) in [7, 11) is 2.05. The highest BCUT2D eigenvalue weighted by Crippen LogP contribution is 2.38. The number of piperazine rings is 1. The minimum atomic E-state index is -4.41. The molecule has 0 aromatic heterocycles. The van der Waals surface area contributed by atoms with E-state index in [9.17, 15) is 18.0 Å². The number of hydrogen-bond acceptors (Lipinski definition) is 3. The van der Waals surface area contributed by atoms with Crippen molar-refractivity contribution in [2.45, 2.75) is 26.4 Å². The van der Waals surface area contributed by atoms with Crippen molar-refractivity contribution in [3.63, 3.8) is 0 Å². The van der Waals surface area contributed by atoms with Gasteiger partial charge in [0.05, 0.1) is 5.92 Å². The second-order valence-electron chi connectivity index (χ2n) is 8.08. The third kappa shape index (κ3) is 5.48. The van der Waals surface area contributed by atoms with Crippen LogP contribution in [0.15, 0.2) is 41.6 Å². The van der Waals surface area contributed by atoms with Gasteiger partial charge in [0.15, 0.2) is 0 Å². The molecule has 158 valence electrons. The van der Waals surface area contributed by atoms with E-state index in [1.54, 1.807) is 24.3 Å². The Balaban J connectivity index is 1.74. The molecule has 1 atom stereocenters. The molecular formula is C22H28F3N3O. The number of benzene rings is 1. The molecule has 1 saturated heterocycles. The van der Waals surface area contributed by atoms with Crippen molar-refractivity contribution in [1.29, 1.82) is 0 Å². The van der Waals surface area contributed by atoms with E-state index in [1.807, 2.05) is 20.9 Å². The van der Waals surface area contributed by atoms with Crippen LogP contribution in [0, 0.1) is 19.8 Å². The first-order valence-electron chi connectivity index (χ1n) is 9.89. The van der Waals surface area contributed by atoms with Crippen LogP contribution in [0.3, 0.4) is 0 Å². The lowest BCUT2D eigenvalue weighted by Crippen LogP contribution is -2.45. The largest absolute Gasteiger partial charge is 0.397 e. The van der Waals surface area contributed by atoms with Crippen LogP contribution >= 0.6 is 0 Å². The highest BCUT2D eigenvalue weighted by atomic mass is 19.4. The van der Waals surface area contributed by atoms with E-state index in [1.165, 1.54) is 6.08 Å². The Labute approximate surface area is 170 Å². The zero-order valence-corrected chi connectivity index (χ0v) is 17.1. The zero-order valence-electron chi connectivity index (χ0n) is 17.1. The van der Waals surface area contributed by atoms with Crippen LogP contribution < -0.4 is 5.32 Å². The van der Waals surface area contributed by atoms with Crippen molar-refractivity contribution in [3.05, 3.63) is 58.3 Å². The van der Waals surface area contributed by atoms with Crippen LogP contribution in [0.25, 0.3) is 0 Å². The number of halogens is 3. The monoisotopic (exact) mass is 407 g/mol. The number of amides is 1. The summed E-state index contributed by atoms with van der Waals surface area (Å²) >= 11 is 0. The molecule has 1 fully saturated rings. The molecular weight excluding hydrogens is 379 g/mol. The van der Waals surface area contributed by atoms with Crippen LogP contribution in [0.5, 0.6) is 0 Å². The average Bonchev–Trinajstić information content (AvgIpc) is 2.66. The molecule has 29 heavy (non-hydrogen) atoms. The van der Waals surface area contributed by atoms with Gasteiger partial charge >= 0.3 is 6.18 Å². The highest BCUT2D eigenvalue weighted by molar-refractivity contribution is 5.95. The molecule has 1 amide bonds. The lowest BCUT2D eigenvalue weighted by atomic mass is 9.89. The van der Waals surface area contributed by atoms with E-state index in [2.05, 4.69) is 15.1 Å². The van der Waals surface area contributed by atoms with Crippen LogP contribution in [-0.4, -0.2) is 61.7 Å². The van der Waals surface area contributed by atoms with Gasteiger partial charge in [-0.15, -0.1) is 0 Å². The molecule has 7 heteroatoms. The van der Waals surface area contributed by atoms with Gasteiger partial charge in [-0.3, -0.25) is 9.69 Å². The molecule has 1 aromatic rings. The number of alkyl halides is 3. The Kier molecular flexibility index (Phi) is 6.49. The molecule has 1 aliphatic heterocycles. The van der Waals surface area contributed by atoms with E-state index in [4.69, 9.17) is 0 Å². The zero-order chi connectivity index (χ0) is 21.2. The molecule has 4 nitrogen and oxygen atoms in total. The van der Waals surface area contributed by atoms with Gasteiger partial charge in [-0.1, -0.05) is 17.7 Å². The molecule has 3 rings (SSSR count). The minimum Gasteiger partial charge on any atom is -0.325 e. The Morgan fingerprint density at radius 2 is 1.79 bits per heavy atom. The van der Waals surface area contributed by atoms with Gasteiger partial charge in [0.2, 0.25) is 0 Å². The third-order valence-electron chi connectivity index (χ3n) is 5.79. The maximum Gasteiger partial charge on any atom is 0.397 e. The van der Waals surface area contributed by atoms with E-state index in [0.29, 0.717) is 12.1 Å². The fourth-order valence-corrected chi connectivity index (χ4v) is 3.68. The standard InChI is InChI=1S/C22H28F3N3O/c1-15-4-6-18(12-16(15)2)21(29)26-20-7-5-17(13-19(20)22(23,24)25)14-28-10-8-27(3)9-11-28/h4-7,12,19H,8-11,13-14H2,1-3H3,(H,26,29). The van der Waals surface area contributed by atoms with Gasteiger partial charge in [0.1, 0.15) is 0 Å². The molecule has 0 spiro atoms. The van der Waals surface area contributed by atoms with E-state index in [-0.39, 0.29) is 12.1 Å².